The predicted molar refractivity (Wildman–Crippen MR) is 89.5 cm³/mol. The molecule has 1 aliphatic rings. The highest BCUT2D eigenvalue weighted by Gasteiger charge is 2.19. The van der Waals surface area contributed by atoms with Gasteiger partial charge < -0.3 is 14.2 Å². The van der Waals surface area contributed by atoms with Crippen molar-refractivity contribution >= 4 is 11.8 Å². The van der Waals surface area contributed by atoms with Crippen LogP contribution < -0.4 is 25.1 Å². The van der Waals surface area contributed by atoms with Crippen LogP contribution in [0.1, 0.15) is 17.3 Å². The number of nitrogens with one attached hydrogen (secondary N) is 2. The first-order chi connectivity index (χ1) is 12.5. The van der Waals surface area contributed by atoms with Crippen molar-refractivity contribution in [2.24, 2.45) is 0 Å². The Labute approximate surface area is 149 Å². The van der Waals surface area contributed by atoms with E-state index in [-0.39, 0.29) is 11.3 Å². The van der Waals surface area contributed by atoms with Crippen molar-refractivity contribution in [1.29, 1.82) is 0 Å². The van der Waals surface area contributed by atoms with Gasteiger partial charge in [0, 0.05) is 5.56 Å². The van der Waals surface area contributed by atoms with Gasteiger partial charge in [-0.25, -0.2) is 4.39 Å². The molecule has 0 saturated heterocycles. The fourth-order valence-electron chi connectivity index (χ4n) is 2.26. The molecule has 2 N–H and O–H groups in total. The van der Waals surface area contributed by atoms with E-state index in [9.17, 15) is 14.0 Å². The van der Waals surface area contributed by atoms with Crippen LogP contribution in [-0.2, 0) is 4.79 Å². The number of halogens is 1. The number of carbonyl (C=O) groups excluding carboxylic acids is 2. The summed E-state index contributed by atoms with van der Waals surface area (Å²) in [7, 11) is 0. The molecule has 136 valence electrons. The van der Waals surface area contributed by atoms with Gasteiger partial charge in [0.1, 0.15) is 13.2 Å². The van der Waals surface area contributed by atoms with Crippen LogP contribution in [0.4, 0.5) is 4.39 Å². The molecule has 1 aliphatic heterocycles. The van der Waals surface area contributed by atoms with Crippen LogP contribution in [-0.4, -0.2) is 31.1 Å². The molecule has 0 fully saturated rings. The lowest BCUT2D eigenvalue weighted by Crippen LogP contribution is -2.47. The van der Waals surface area contributed by atoms with Crippen molar-refractivity contribution in [2.75, 3.05) is 13.2 Å². The highest BCUT2D eigenvalue weighted by Crippen LogP contribution is 2.30. The molecule has 0 aromatic heterocycles. The van der Waals surface area contributed by atoms with Crippen LogP contribution >= 0.6 is 0 Å². The Morgan fingerprint density at radius 3 is 2.58 bits per heavy atom. The van der Waals surface area contributed by atoms with Crippen LogP contribution in [0, 0.1) is 5.82 Å². The average molecular weight is 360 g/mol. The zero-order valence-electron chi connectivity index (χ0n) is 14.0. The molecule has 26 heavy (non-hydrogen) atoms. The summed E-state index contributed by atoms with van der Waals surface area (Å²) in [5.74, 6) is -0.761. The molecular weight excluding hydrogens is 343 g/mol. The molecule has 0 saturated carbocycles. The maximum atomic E-state index is 13.5. The minimum absolute atomic E-state index is 0.0479. The monoisotopic (exact) mass is 360 g/mol. The maximum Gasteiger partial charge on any atom is 0.279 e. The Morgan fingerprint density at radius 2 is 1.81 bits per heavy atom. The van der Waals surface area contributed by atoms with E-state index in [4.69, 9.17) is 14.2 Å². The Balaban J connectivity index is 1.55. The third-order valence-electron chi connectivity index (χ3n) is 3.61. The number of fused-ring (bicyclic) bond motifs is 1. The standard InChI is InChI=1S/C18H17FN2O5/c1-11(26-14-5-3-2-4-13(14)19)17(22)20-21-18(23)12-6-7-15-16(10-12)25-9-8-24-15/h2-7,10-11H,8-9H2,1H3,(H,20,22)(H,21,23)/t11-/m0/s1. The third-order valence-corrected chi connectivity index (χ3v) is 3.61. The molecule has 2 aromatic rings. The Kier molecular flexibility index (Phi) is 5.21. The van der Waals surface area contributed by atoms with Crippen LogP contribution in [0.25, 0.3) is 0 Å². The summed E-state index contributed by atoms with van der Waals surface area (Å²) in [5.41, 5.74) is 4.81. The normalized spacial score (nSPS) is 13.5. The molecule has 1 heterocycles. The van der Waals surface area contributed by atoms with E-state index in [1.807, 2.05) is 0 Å². The molecule has 7 nitrogen and oxygen atoms in total. The van der Waals surface area contributed by atoms with Gasteiger partial charge in [-0.2, -0.15) is 0 Å². The van der Waals surface area contributed by atoms with Gasteiger partial charge in [0.2, 0.25) is 0 Å². The summed E-state index contributed by atoms with van der Waals surface area (Å²) in [6, 6.07) is 10.4. The van der Waals surface area contributed by atoms with Crippen molar-refractivity contribution in [3.05, 3.63) is 53.8 Å². The summed E-state index contributed by atoms with van der Waals surface area (Å²) in [6.45, 7) is 2.30. The van der Waals surface area contributed by atoms with Gasteiger partial charge in [-0.3, -0.25) is 20.4 Å². The lowest BCUT2D eigenvalue weighted by Gasteiger charge is -2.19. The first-order valence-electron chi connectivity index (χ1n) is 7.95. The minimum Gasteiger partial charge on any atom is -0.486 e. The summed E-state index contributed by atoms with van der Waals surface area (Å²) in [5, 5.41) is 0. The number of benzene rings is 2. The molecule has 8 heteroatoms. The summed E-state index contributed by atoms with van der Waals surface area (Å²) in [4.78, 5) is 24.2. The fraction of sp³-hybridized carbons (Fsp3) is 0.222. The number of hydrogen-bond acceptors (Lipinski definition) is 5. The highest BCUT2D eigenvalue weighted by atomic mass is 19.1. The van der Waals surface area contributed by atoms with E-state index in [2.05, 4.69) is 10.9 Å². The summed E-state index contributed by atoms with van der Waals surface area (Å²) >= 11 is 0. The van der Waals surface area contributed by atoms with Crippen molar-refractivity contribution in [3.8, 4) is 17.2 Å². The Bertz CT molecular complexity index is 827. The Hall–Kier alpha value is -3.29. The first kappa shape index (κ1) is 17.5. The van der Waals surface area contributed by atoms with Crippen LogP contribution in [0.3, 0.4) is 0 Å². The van der Waals surface area contributed by atoms with E-state index in [1.54, 1.807) is 18.2 Å². The van der Waals surface area contributed by atoms with E-state index in [0.29, 0.717) is 24.7 Å². The van der Waals surface area contributed by atoms with E-state index >= 15 is 0 Å². The number of para-hydroxylation sites is 1. The topological polar surface area (TPSA) is 85.9 Å². The molecule has 2 aromatic carbocycles. The lowest BCUT2D eigenvalue weighted by molar-refractivity contribution is -0.128. The maximum absolute atomic E-state index is 13.5. The summed E-state index contributed by atoms with van der Waals surface area (Å²) < 4.78 is 29.6. The van der Waals surface area contributed by atoms with E-state index < -0.39 is 23.7 Å². The average Bonchev–Trinajstić information content (AvgIpc) is 2.67. The van der Waals surface area contributed by atoms with Crippen LogP contribution in [0.15, 0.2) is 42.5 Å². The van der Waals surface area contributed by atoms with Crippen LogP contribution in [0.2, 0.25) is 0 Å². The molecule has 1 atom stereocenters. The van der Waals surface area contributed by atoms with Gasteiger partial charge >= 0.3 is 0 Å². The van der Waals surface area contributed by atoms with Gasteiger partial charge in [0.25, 0.3) is 11.8 Å². The van der Waals surface area contributed by atoms with Crippen molar-refractivity contribution < 1.29 is 28.2 Å². The summed E-state index contributed by atoms with van der Waals surface area (Å²) in [6.07, 6.45) is -1.01. The third kappa shape index (κ3) is 4.02. The molecule has 0 aliphatic carbocycles. The van der Waals surface area contributed by atoms with Gasteiger partial charge in [-0.15, -0.1) is 0 Å². The fourth-order valence-corrected chi connectivity index (χ4v) is 2.26. The lowest BCUT2D eigenvalue weighted by atomic mass is 10.2. The van der Waals surface area contributed by atoms with Gasteiger partial charge in [0.05, 0.1) is 0 Å². The molecule has 0 unspecified atom stereocenters. The molecule has 3 rings (SSSR count). The number of amides is 2. The van der Waals surface area contributed by atoms with Crippen molar-refractivity contribution in [3.63, 3.8) is 0 Å². The minimum atomic E-state index is -1.01. The van der Waals surface area contributed by atoms with E-state index in [0.717, 1.165) is 0 Å². The number of ether oxygens (including phenoxy) is 3. The number of hydrazine groups is 1. The zero-order chi connectivity index (χ0) is 18.5. The van der Waals surface area contributed by atoms with Crippen molar-refractivity contribution in [2.45, 2.75) is 13.0 Å². The number of carbonyl (C=O) groups is 2. The second-order valence-electron chi connectivity index (χ2n) is 5.49. The molecule has 0 radical (unpaired) electrons. The Morgan fingerprint density at radius 1 is 1.08 bits per heavy atom. The predicted octanol–water partition coefficient (Wildman–Crippen LogP) is 1.83. The largest absolute Gasteiger partial charge is 0.486 e. The molecule has 0 spiro atoms. The quantitative estimate of drug-likeness (QED) is 0.813. The zero-order valence-corrected chi connectivity index (χ0v) is 14.0. The molecular formula is C18H17FN2O5. The second kappa shape index (κ2) is 7.73. The first-order valence-corrected chi connectivity index (χ1v) is 7.95. The second-order valence-corrected chi connectivity index (χ2v) is 5.49. The number of hydrogen-bond donors (Lipinski definition) is 2. The van der Waals surface area contributed by atoms with Gasteiger partial charge in [-0.05, 0) is 37.3 Å². The molecule has 0 bridgehead atoms. The number of rotatable bonds is 4. The SMILES string of the molecule is C[C@H](Oc1ccccc1F)C(=O)NNC(=O)c1ccc2c(c1)OCCO2. The van der Waals surface area contributed by atoms with Crippen LogP contribution in [0.5, 0.6) is 17.2 Å². The molecule has 2 amide bonds. The van der Waals surface area contributed by atoms with E-state index in [1.165, 1.54) is 31.2 Å². The van der Waals surface area contributed by atoms with Crippen molar-refractivity contribution in [1.82, 2.24) is 10.9 Å². The highest BCUT2D eigenvalue weighted by molar-refractivity contribution is 5.96. The smallest absolute Gasteiger partial charge is 0.279 e. The van der Waals surface area contributed by atoms with Gasteiger partial charge in [-0.1, -0.05) is 12.1 Å². The van der Waals surface area contributed by atoms with Gasteiger partial charge in [0.15, 0.2) is 29.2 Å².